The summed E-state index contributed by atoms with van der Waals surface area (Å²) in [6.07, 6.45) is 7.65. The first-order valence-corrected chi connectivity index (χ1v) is 5.85. The Bertz CT molecular complexity index is 510. The molecule has 2 aromatic rings. The van der Waals surface area contributed by atoms with Crippen molar-refractivity contribution in [2.75, 3.05) is 0 Å². The fourth-order valence-electron chi connectivity index (χ4n) is 2.75. The van der Waals surface area contributed by atoms with Gasteiger partial charge in [0.15, 0.2) is 0 Å². The van der Waals surface area contributed by atoms with Crippen molar-refractivity contribution in [3.05, 3.63) is 42.2 Å². The second-order valence-corrected chi connectivity index (χ2v) is 4.64. The SMILES string of the molecule is OC1(c2cccc3ccncc23)CCCC1. The number of aliphatic hydroxyl groups is 1. The largest absolute Gasteiger partial charge is 0.385 e. The van der Waals surface area contributed by atoms with Gasteiger partial charge < -0.3 is 5.11 Å². The molecule has 0 saturated heterocycles. The van der Waals surface area contributed by atoms with Crippen LogP contribution in [0, 0.1) is 0 Å². The summed E-state index contributed by atoms with van der Waals surface area (Å²) in [6, 6.07) is 8.12. The molecule has 0 atom stereocenters. The predicted octanol–water partition coefficient (Wildman–Crippen LogP) is 3.00. The van der Waals surface area contributed by atoms with Gasteiger partial charge in [-0.25, -0.2) is 0 Å². The van der Waals surface area contributed by atoms with E-state index in [4.69, 9.17) is 0 Å². The molecule has 1 fully saturated rings. The zero-order valence-electron chi connectivity index (χ0n) is 9.19. The summed E-state index contributed by atoms with van der Waals surface area (Å²) in [7, 11) is 0. The molecule has 16 heavy (non-hydrogen) atoms. The molecule has 1 saturated carbocycles. The van der Waals surface area contributed by atoms with Crippen molar-refractivity contribution in [3.8, 4) is 0 Å². The van der Waals surface area contributed by atoms with Crippen LogP contribution in [0.5, 0.6) is 0 Å². The number of fused-ring (bicyclic) bond motifs is 1. The Balaban J connectivity index is 2.23. The Hall–Kier alpha value is -1.41. The Morgan fingerprint density at radius 1 is 1.12 bits per heavy atom. The third-order valence-corrected chi connectivity index (χ3v) is 3.62. The molecular weight excluding hydrogens is 198 g/mol. The highest BCUT2D eigenvalue weighted by Crippen LogP contribution is 2.41. The summed E-state index contributed by atoms with van der Waals surface area (Å²) in [6.45, 7) is 0. The molecule has 0 bridgehead atoms. The molecule has 1 aliphatic carbocycles. The van der Waals surface area contributed by atoms with Crippen molar-refractivity contribution >= 4 is 10.8 Å². The van der Waals surface area contributed by atoms with E-state index < -0.39 is 5.60 Å². The minimum atomic E-state index is -0.622. The van der Waals surface area contributed by atoms with Gasteiger partial charge in [-0.1, -0.05) is 31.0 Å². The molecular formula is C14H15NO. The Morgan fingerprint density at radius 2 is 1.94 bits per heavy atom. The maximum atomic E-state index is 10.6. The minimum Gasteiger partial charge on any atom is -0.385 e. The van der Waals surface area contributed by atoms with E-state index in [2.05, 4.69) is 11.1 Å². The van der Waals surface area contributed by atoms with Crippen molar-refractivity contribution in [3.63, 3.8) is 0 Å². The highest BCUT2D eigenvalue weighted by molar-refractivity contribution is 5.85. The van der Waals surface area contributed by atoms with Gasteiger partial charge in [0.2, 0.25) is 0 Å². The number of hydrogen-bond donors (Lipinski definition) is 1. The zero-order valence-corrected chi connectivity index (χ0v) is 9.19. The van der Waals surface area contributed by atoms with Crippen molar-refractivity contribution in [2.24, 2.45) is 0 Å². The van der Waals surface area contributed by atoms with Gasteiger partial charge in [-0.3, -0.25) is 4.98 Å². The second-order valence-electron chi connectivity index (χ2n) is 4.64. The molecule has 0 amide bonds. The lowest BCUT2D eigenvalue weighted by Gasteiger charge is -2.24. The van der Waals surface area contributed by atoms with Crippen LogP contribution < -0.4 is 0 Å². The lowest BCUT2D eigenvalue weighted by molar-refractivity contribution is 0.0460. The van der Waals surface area contributed by atoms with Crippen molar-refractivity contribution in [2.45, 2.75) is 31.3 Å². The first-order valence-electron chi connectivity index (χ1n) is 5.85. The highest BCUT2D eigenvalue weighted by Gasteiger charge is 2.34. The van der Waals surface area contributed by atoms with E-state index in [0.29, 0.717) is 0 Å². The van der Waals surface area contributed by atoms with Crippen LogP contribution in [0.4, 0.5) is 0 Å². The van der Waals surface area contributed by atoms with Gasteiger partial charge in [-0.05, 0) is 29.9 Å². The third kappa shape index (κ3) is 1.41. The summed E-state index contributed by atoms with van der Waals surface area (Å²) in [4.78, 5) is 4.16. The summed E-state index contributed by atoms with van der Waals surface area (Å²) in [5.41, 5.74) is 0.429. The van der Waals surface area contributed by atoms with Crippen LogP contribution in [-0.4, -0.2) is 10.1 Å². The Labute approximate surface area is 94.9 Å². The first kappa shape index (κ1) is 9.79. The minimum absolute atomic E-state index is 0.622. The number of pyridine rings is 1. The molecule has 2 heteroatoms. The van der Waals surface area contributed by atoms with Gasteiger partial charge >= 0.3 is 0 Å². The fraction of sp³-hybridized carbons (Fsp3) is 0.357. The highest BCUT2D eigenvalue weighted by atomic mass is 16.3. The fourth-order valence-corrected chi connectivity index (χ4v) is 2.75. The van der Waals surface area contributed by atoms with Crippen molar-refractivity contribution in [1.29, 1.82) is 0 Å². The van der Waals surface area contributed by atoms with E-state index in [-0.39, 0.29) is 0 Å². The molecule has 3 rings (SSSR count). The van der Waals surface area contributed by atoms with Gasteiger partial charge in [0.25, 0.3) is 0 Å². The number of benzene rings is 1. The summed E-state index contributed by atoms with van der Waals surface area (Å²) >= 11 is 0. The number of rotatable bonds is 1. The van der Waals surface area contributed by atoms with Crippen LogP contribution >= 0.6 is 0 Å². The van der Waals surface area contributed by atoms with E-state index in [1.54, 1.807) is 6.20 Å². The molecule has 82 valence electrons. The first-order chi connectivity index (χ1) is 7.80. The lowest BCUT2D eigenvalue weighted by atomic mass is 9.89. The van der Waals surface area contributed by atoms with E-state index in [9.17, 15) is 5.11 Å². The quantitative estimate of drug-likeness (QED) is 0.790. The van der Waals surface area contributed by atoms with E-state index in [0.717, 1.165) is 42.0 Å². The number of aromatic nitrogens is 1. The third-order valence-electron chi connectivity index (χ3n) is 3.62. The molecule has 1 aromatic carbocycles. The molecule has 0 radical (unpaired) electrons. The van der Waals surface area contributed by atoms with Gasteiger partial charge in [0.1, 0.15) is 0 Å². The second kappa shape index (κ2) is 3.56. The van der Waals surface area contributed by atoms with Crippen LogP contribution in [0.3, 0.4) is 0 Å². The Kier molecular flexibility index (Phi) is 2.18. The van der Waals surface area contributed by atoms with E-state index in [1.807, 2.05) is 24.4 Å². The number of hydrogen-bond acceptors (Lipinski definition) is 2. The van der Waals surface area contributed by atoms with Gasteiger partial charge in [-0.15, -0.1) is 0 Å². The maximum absolute atomic E-state index is 10.6. The maximum Gasteiger partial charge on any atom is 0.0903 e. The normalized spacial score (nSPS) is 19.1. The smallest absolute Gasteiger partial charge is 0.0903 e. The molecule has 0 aliphatic heterocycles. The van der Waals surface area contributed by atoms with Gasteiger partial charge in [0, 0.05) is 17.8 Å². The predicted molar refractivity (Wildman–Crippen MR) is 64.1 cm³/mol. The van der Waals surface area contributed by atoms with E-state index >= 15 is 0 Å². The van der Waals surface area contributed by atoms with Crippen LogP contribution in [0.1, 0.15) is 31.2 Å². The van der Waals surface area contributed by atoms with Crippen LogP contribution in [0.15, 0.2) is 36.7 Å². The van der Waals surface area contributed by atoms with Crippen molar-refractivity contribution in [1.82, 2.24) is 4.98 Å². The number of nitrogens with zero attached hydrogens (tertiary/aromatic N) is 1. The summed E-state index contributed by atoms with van der Waals surface area (Å²) in [5.74, 6) is 0. The molecule has 1 aliphatic rings. The summed E-state index contributed by atoms with van der Waals surface area (Å²) < 4.78 is 0. The summed E-state index contributed by atoms with van der Waals surface area (Å²) in [5, 5.41) is 12.9. The monoisotopic (exact) mass is 213 g/mol. The van der Waals surface area contributed by atoms with Crippen LogP contribution in [0.25, 0.3) is 10.8 Å². The van der Waals surface area contributed by atoms with Crippen molar-refractivity contribution < 1.29 is 5.11 Å². The Morgan fingerprint density at radius 3 is 2.75 bits per heavy atom. The average molecular weight is 213 g/mol. The van der Waals surface area contributed by atoms with Gasteiger partial charge in [0.05, 0.1) is 5.60 Å². The standard InChI is InChI=1S/C14H15NO/c16-14(7-1-2-8-14)13-5-3-4-11-6-9-15-10-12(11)13/h3-6,9-10,16H,1-2,7-8H2. The van der Waals surface area contributed by atoms with Gasteiger partial charge in [-0.2, -0.15) is 0 Å². The molecule has 2 nitrogen and oxygen atoms in total. The van der Waals surface area contributed by atoms with Crippen LogP contribution in [-0.2, 0) is 5.60 Å². The van der Waals surface area contributed by atoms with E-state index in [1.165, 1.54) is 0 Å². The molecule has 1 aromatic heterocycles. The average Bonchev–Trinajstić information content (AvgIpc) is 2.77. The topological polar surface area (TPSA) is 33.1 Å². The molecule has 0 spiro atoms. The molecule has 1 heterocycles. The zero-order chi connectivity index (χ0) is 11.0. The van der Waals surface area contributed by atoms with Crippen LogP contribution in [0.2, 0.25) is 0 Å². The molecule has 0 unspecified atom stereocenters. The molecule has 1 N–H and O–H groups in total. The lowest BCUT2D eigenvalue weighted by Crippen LogP contribution is -2.21.